The number of allylic oxidation sites excluding steroid dienone is 8. The molecule has 3 heteroatoms. The van der Waals surface area contributed by atoms with Crippen LogP contribution in [-0.2, 0) is 38.5 Å². The molecule has 4 aliphatic rings. The first-order valence-electron chi connectivity index (χ1n) is 14.1. The van der Waals surface area contributed by atoms with Gasteiger partial charge in [-0.25, -0.2) is 0 Å². The maximum absolute atomic E-state index is 2.61. The minimum absolute atomic E-state index is 0. The molecule has 1 atom stereocenters. The summed E-state index contributed by atoms with van der Waals surface area (Å²) < 4.78 is 5.33. The second-order valence-electron chi connectivity index (χ2n) is 13.5. The van der Waals surface area contributed by atoms with Gasteiger partial charge in [0, 0.05) is 0 Å². The van der Waals surface area contributed by atoms with Gasteiger partial charge in [0.1, 0.15) is 0 Å². The number of halogens is 2. The molecule has 0 nitrogen and oxygen atoms in total. The summed E-state index contributed by atoms with van der Waals surface area (Å²) in [6.45, 7) is 26.5. The van der Waals surface area contributed by atoms with Crippen molar-refractivity contribution in [1.82, 2.24) is 0 Å². The fourth-order valence-corrected chi connectivity index (χ4v) is 17.2. The van der Waals surface area contributed by atoms with E-state index >= 15 is 0 Å². The monoisotopic (exact) mass is 634 g/mol. The van der Waals surface area contributed by atoms with Crippen molar-refractivity contribution in [2.75, 3.05) is 0 Å². The Morgan fingerprint density at radius 1 is 0.744 bits per heavy atom. The zero-order chi connectivity index (χ0) is 26.8. The predicted octanol–water partition coefficient (Wildman–Crippen LogP) is 3.68. The van der Waals surface area contributed by atoms with Crippen molar-refractivity contribution in [3.05, 3.63) is 87.5 Å². The normalized spacial score (nSPS) is 20.7. The summed E-state index contributed by atoms with van der Waals surface area (Å²) in [7, 11) is 0. The molecule has 0 spiro atoms. The van der Waals surface area contributed by atoms with Gasteiger partial charge in [0.05, 0.1) is 0 Å². The average Bonchev–Trinajstić information content (AvgIpc) is 3.42. The Balaban J connectivity index is 0.00000176. The maximum atomic E-state index is 2.61. The predicted molar refractivity (Wildman–Crippen MR) is 159 cm³/mol. The second-order valence-corrected chi connectivity index (χ2v) is 20.4. The van der Waals surface area contributed by atoms with E-state index in [1.165, 1.54) is 50.1 Å². The molecule has 0 saturated heterocycles. The fourth-order valence-electron chi connectivity index (χ4n) is 8.12. The third-order valence-corrected chi connectivity index (χ3v) is 19.4. The molecule has 0 aromatic heterocycles. The molecule has 2 aromatic rings. The molecule has 0 saturated carbocycles. The molecule has 0 amide bonds. The first-order chi connectivity index (χ1) is 17.2. The van der Waals surface area contributed by atoms with Crippen molar-refractivity contribution < 1.29 is 46.1 Å². The Kier molecular flexibility index (Phi) is 7.81. The summed E-state index contributed by atoms with van der Waals surface area (Å²) in [5.41, 5.74) is 18.4. The Hall–Kier alpha value is -1.27. The van der Waals surface area contributed by atoms with Crippen LogP contribution in [0.3, 0.4) is 0 Å². The number of hydrogen-bond donors (Lipinski definition) is 0. The van der Waals surface area contributed by atoms with Crippen molar-refractivity contribution in [2.45, 2.75) is 93.4 Å². The third-order valence-electron chi connectivity index (χ3n) is 9.90. The van der Waals surface area contributed by atoms with Crippen LogP contribution in [0.15, 0.2) is 54.1 Å². The SMILES string of the molecule is CC1=CC(C)[C]([Zr+2]([C]2=C(C)c3cc4c(cc3C2(C)C)Cc2cc3c(cc2-4)C(C)=CC3(C)C)=[C](C)C)=C1C.[Cl-].[Cl-]. The molecule has 0 N–H and O–H groups in total. The van der Waals surface area contributed by atoms with E-state index in [0.29, 0.717) is 5.92 Å². The average molecular weight is 637 g/mol. The molecule has 0 fully saturated rings. The molecule has 39 heavy (non-hydrogen) atoms. The van der Waals surface area contributed by atoms with E-state index in [0.717, 1.165) is 6.42 Å². The quantitative estimate of drug-likeness (QED) is 0.403. The standard InChI is InChI=1S/C25H25.C8H11.C3H6.2ClH.Zr/c1-14-12-24(3,4)22-8-16-7-17-9-23-19(15(2)13-25(23,5)6)11-21(17)20(16)10-18(14)22;1-6-4-7(2)8(3)5-6;1-3-2;;;/h8-12H,7H2,1-6H3;4,6H,1-3H3;1-2H3;2*1H;/q;;;;;+2/p-2. The molecular weight excluding hydrogens is 595 g/mol. The van der Waals surface area contributed by atoms with Gasteiger partial charge in [-0.3, -0.25) is 0 Å². The van der Waals surface area contributed by atoms with Crippen molar-refractivity contribution in [1.29, 1.82) is 0 Å². The van der Waals surface area contributed by atoms with Crippen LogP contribution >= 0.6 is 0 Å². The van der Waals surface area contributed by atoms with Crippen molar-refractivity contribution in [2.24, 2.45) is 5.92 Å². The smallest absolute Gasteiger partial charge is 1.00 e. The minimum atomic E-state index is -2.21. The molecule has 0 aliphatic heterocycles. The van der Waals surface area contributed by atoms with E-state index in [2.05, 4.69) is 113 Å². The summed E-state index contributed by atoms with van der Waals surface area (Å²) in [5, 5.41) is 0. The van der Waals surface area contributed by atoms with E-state index in [1.807, 2.05) is 6.56 Å². The van der Waals surface area contributed by atoms with Gasteiger partial charge in [-0.1, -0.05) is 0 Å². The second kappa shape index (κ2) is 9.93. The van der Waals surface area contributed by atoms with Gasteiger partial charge in [-0.15, -0.1) is 0 Å². The molecule has 0 bridgehead atoms. The van der Waals surface area contributed by atoms with Crippen molar-refractivity contribution in [3.63, 3.8) is 0 Å². The molecule has 0 radical (unpaired) electrons. The number of hydrogen-bond acceptors (Lipinski definition) is 0. The van der Waals surface area contributed by atoms with Crippen LogP contribution in [0.5, 0.6) is 0 Å². The summed E-state index contributed by atoms with van der Waals surface area (Å²) in [4.78, 5) is 0. The number of rotatable bonds is 2. The van der Waals surface area contributed by atoms with E-state index < -0.39 is 21.3 Å². The van der Waals surface area contributed by atoms with Crippen LogP contribution in [0.2, 0.25) is 0 Å². The Morgan fingerprint density at radius 2 is 1.31 bits per heavy atom. The first-order valence-corrected chi connectivity index (χ1v) is 17.8. The summed E-state index contributed by atoms with van der Waals surface area (Å²) >= 11 is -2.21. The van der Waals surface area contributed by atoms with E-state index in [4.69, 9.17) is 0 Å². The first kappa shape index (κ1) is 30.7. The van der Waals surface area contributed by atoms with Gasteiger partial charge < -0.3 is 24.8 Å². The molecule has 4 aliphatic carbocycles. The van der Waals surface area contributed by atoms with Crippen LogP contribution < -0.4 is 24.8 Å². The topological polar surface area (TPSA) is 0 Å². The molecule has 1 unspecified atom stereocenters. The molecule has 0 heterocycles. The van der Waals surface area contributed by atoms with Crippen LogP contribution in [0.1, 0.15) is 110 Å². The van der Waals surface area contributed by atoms with Gasteiger partial charge in [0.2, 0.25) is 0 Å². The zero-order valence-electron chi connectivity index (χ0n) is 25.5. The number of benzene rings is 2. The van der Waals surface area contributed by atoms with Crippen LogP contribution in [0.25, 0.3) is 22.3 Å². The van der Waals surface area contributed by atoms with Crippen LogP contribution in [-0.4, -0.2) is 3.21 Å². The van der Waals surface area contributed by atoms with E-state index in [-0.39, 0.29) is 35.6 Å². The van der Waals surface area contributed by atoms with Crippen LogP contribution in [0.4, 0.5) is 0 Å². The van der Waals surface area contributed by atoms with Gasteiger partial charge in [-0.2, -0.15) is 0 Å². The van der Waals surface area contributed by atoms with Gasteiger partial charge >= 0.3 is 234 Å². The van der Waals surface area contributed by atoms with Crippen molar-refractivity contribution in [3.8, 4) is 11.1 Å². The zero-order valence-corrected chi connectivity index (χ0v) is 29.5. The summed E-state index contributed by atoms with van der Waals surface area (Å²) in [6.07, 6.45) is 6.03. The largest absolute Gasteiger partial charge is 1.00 e. The minimum Gasteiger partial charge on any atom is -1.00 e. The van der Waals surface area contributed by atoms with Crippen LogP contribution in [0, 0.1) is 5.92 Å². The molecule has 2 aromatic carbocycles. The van der Waals surface area contributed by atoms with E-state index in [9.17, 15) is 0 Å². The van der Waals surface area contributed by atoms with E-state index in [1.54, 1.807) is 19.9 Å². The fraction of sp³-hybridized carbons (Fsp3) is 0.417. The van der Waals surface area contributed by atoms with Gasteiger partial charge in [-0.05, 0) is 0 Å². The summed E-state index contributed by atoms with van der Waals surface area (Å²) in [6, 6.07) is 10.2. The molecular formula is C36H42Cl2Zr. The van der Waals surface area contributed by atoms with Gasteiger partial charge in [0.25, 0.3) is 0 Å². The van der Waals surface area contributed by atoms with Crippen molar-refractivity contribution >= 4 is 14.4 Å². The summed E-state index contributed by atoms with van der Waals surface area (Å²) in [5.74, 6) is 0.587. The number of fused-ring (bicyclic) bond motifs is 5. The van der Waals surface area contributed by atoms with Gasteiger partial charge in [0.15, 0.2) is 0 Å². The molecule has 6 rings (SSSR count). The molecule has 204 valence electrons. The Labute approximate surface area is 256 Å². The Morgan fingerprint density at radius 3 is 1.85 bits per heavy atom. The third kappa shape index (κ3) is 4.28. The Bertz CT molecular complexity index is 1600. The maximum Gasteiger partial charge on any atom is -1.00 e.